The van der Waals surface area contributed by atoms with Crippen molar-refractivity contribution in [3.05, 3.63) is 76.4 Å². The van der Waals surface area contributed by atoms with Crippen molar-refractivity contribution in [3.63, 3.8) is 0 Å². The standard InChI is InChI=1S/C21H23NO2/c1-22(2)13-5-8-19-18-7-4-3-6-15(18)9-10-16-11-12-17(21(23)24)14-20(16)19/h3-4,6-8,11-12,14H,5,9-10,13H2,1-2H3,(H,23,24)/b19-8-. The molecule has 1 aliphatic carbocycles. The molecule has 3 rings (SSSR count). The third-order valence-electron chi connectivity index (χ3n) is 4.54. The first-order valence-corrected chi connectivity index (χ1v) is 8.36. The number of hydrogen-bond donors (Lipinski definition) is 1. The zero-order valence-electron chi connectivity index (χ0n) is 14.2. The first kappa shape index (κ1) is 16.5. The molecule has 0 unspecified atom stereocenters. The minimum absolute atomic E-state index is 0.353. The molecule has 0 atom stereocenters. The highest BCUT2D eigenvalue weighted by Gasteiger charge is 2.19. The van der Waals surface area contributed by atoms with Crippen LogP contribution in [0.5, 0.6) is 0 Å². The van der Waals surface area contributed by atoms with Crippen molar-refractivity contribution in [2.45, 2.75) is 19.3 Å². The molecule has 0 aliphatic heterocycles. The van der Waals surface area contributed by atoms with Gasteiger partial charge in [0.15, 0.2) is 0 Å². The molecule has 3 heteroatoms. The summed E-state index contributed by atoms with van der Waals surface area (Å²) in [4.78, 5) is 13.6. The summed E-state index contributed by atoms with van der Waals surface area (Å²) in [5.41, 5.74) is 6.39. The summed E-state index contributed by atoms with van der Waals surface area (Å²) >= 11 is 0. The van der Waals surface area contributed by atoms with Gasteiger partial charge in [-0.2, -0.15) is 0 Å². The van der Waals surface area contributed by atoms with E-state index in [-0.39, 0.29) is 0 Å². The molecule has 0 aromatic heterocycles. The minimum Gasteiger partial charge on any atom is -0.478 e. The topological polar surface area (TPSA) is 40.5 Å². The van der Waals surface area contributed by atoms with E-state index < -0.39 is 5.97 Å². The number of hydrogen-bond acceptors (Lipinski definition) is 2. The van der Waals surface area contributed by atoms with E-state index in [0.29, 0.717) is 5.56 Å². The van der Waals surface area contributed by atoms with E-state index >= 15 is 0 Å². The lowest BCUT2D eigenvalue weighted by atomic mass is 9.92. The summed E-state index contributed by atoms with van der Waals surface area (Å²) in [6.45, 7) is 0.972. The number of nitrogens with zero attached hydrogens (tertiary/aromatic N) is 1. The minimum atomic E-state index is -0.872. The van der Waals surface area contributed by atoms with Crippen molar-refractivity contribution in [3.8, 4) is 0 Å². The first-order valence-electron chi connectivity index (χ1n) is 8.36. The molecule has 1 aliphatic rings. The Kier molecular flexibility index (Phi) is 4.81. The molecular formula is C21H23NO2. The maximum absolute atomic E-state index is 11.4. The normalized spacial score (nSPS) is 15.0. The van der Waals surface area contributed by atoms with Crippen molar-refractivity contribution in [1.82, 2.24) is 4.90 Å². The van der Waals surface area contributed by atoms with Crippen LogP contribution in [0.1, 0.15) is 39.0 Å². The highest BCUT2D eigenvalue weighted by molar-refractivity contribution is 5.91. The van der Waals surface area contributed by atoms with Gasteiger partial charge in [-0.25, -0.2) is 4.79 Å². The lowest BCUT2D eigenvalue weighted by molar-refractivity contribution is 0.0697. The van der Waals surface area contributed by atoms with E-state index in [2.05, 4.69) is 49.3 Å². The largest absolute Gasteiger partial charge is 0.478 e. The van der Waals surface area contributed by atoms with Crippen LogP contribution in [0.25, 0.3) is 5.57 Å². The molecular weight excluding hydrogens is 298 g/mol. The summed E-state index contributed by atoms with van der Waals surface area (Å²) in [7, 11) is 4.13. The fraction of sp³-hybridized carbons (Fsp3) is 0.286. The van der Waals surface area contributed by atoms with Gasteiger partial charge in [0, 0.05) is 6.54 Å². The van der Waals surface area contributed by atoms with Crippen LogP contribution < -0.4 is 0 Å². The second-order valence-corrected chi connectivity index (χ2v) is 6.54. The van der Waals surface area contributed by atoms with Crippen molar-refractivity contribution >= 4 is 11.5 Å². The van der Waals surface area contributed by atoms with Gasteiger partial charge in [0.05, 0.1) is 5.56 Å². The molecule has 0 heterocycles. The molecule has 124 valence electrons. The predicted molar refractivity (Wildman–Crippen MR) is 97.5 cm³/mol. The molecule has 0 saturated carbocycles. The molecule has 0 radical (unpaired) electrons. The Hall–Kier alpha value is -2.39. The van der Waals surface area contributed by atoms with Crippen LogP contribution in [0.2, 0.25) is 0 Å². The Morgan fingerprint density at radius 2 is 1.79 bits per heavy atom. The summed E-state index contributed by atoms with van der Waals surface area (Å²) < 4.78 is 0. The van der Waals surface area contributed by atoms with Gasteiger partial charge in [-0.15, -0.1) is 0 Å². The number of benzene rings is 2. The van der Waals surface area contributed by atoms with Gasteiger partial charge in [0.25, 0.3) is 0 Å². The van der Waals surface area contributed by atoms with E-state index in [9.17, 15) is 9.90 Å². The van der Waals surface area contributed by atoms with Crippen LogP contribution in [-0.2, 0) is 12.8 Å². The number of aromatic carboxylic acids is 1. The average molecular weight is 321 g/mol. The zero-order chi connectivity index (χ0) is 17.1. The molecule has 0 spiro atoms. The highest BCUT2D eigenvalue weighted by atomic mass is 16.4. The Labute approximate surface area is 143 Å². The third-order valence-corrected chi connectivity index (χ3v) is 4.54. The number of aryl methyl sites for hydroxylation is 2. The van der Waals surface area contributed by atoms with Gasteiger partial charge in [-0.3, -0.25) is 0 Å². The van der Waals surface area contributed by atoms with E-state index in [0.717, 1.165) is 31.4 Å². The lowest BCUT2D eigenvalue weighted by Gasteiger charge is -2.14. The summed E-state index contributed by atoms with van der Waals surface area (Å²) in [6.07, 6.45) is 5.12. The van der Waals surface area contributed by atoms with Gasteiger partial charge in [-0.05, 0) is 73.3 Å². The summed E-state index contributed by atoms with van der Waals surface area (Å²) in [5.74, 6) is -0.872. The van der Waals surface area contributed by atoms with Crippen molar-refractivity contribution in [2.24, 2.45) is 0 Å². The van der Waals surface area contributed by atoms with Gasteiger partial charge < -0.3 is 10.0 Å². The average Bonchev–Trinajstić information content (AvgIpc) is 2.71. The van der Waals surface area contributed by atoms with Gasteiger partial charge >= 0.3 is 5.97 Å². The Balaban J connectivity index is 2.13. The fourth-order valence-electron chi connectivity index (χ4n) is 3.28. The van der Waals surface area contributed by atoms with Crippen LogP contribution in [0, 0.1) is 0 Å². The quantitative estimate of drug-likeness (QED) is 0.929. The SMILES string of the molecule is CN(C)CC/C=C1/c2ccccc2CCc2ccc(C(=O)O)cc21. The smallest absolute Gasteiger partial charge is 0.335 e. The van der Waals surface area contributed by atoms with Gasteiger partial charge in [0.2, 0.25) is 0 Å². The molecule has 1 N–H and O–H groups in total. The lowest BCUT2D eigenvalue weighted by Crippen LogP contribution is -2.12. The van der Waals surface area contributed by atoms with E-state index in [1.807, 2.05) is 12.1 Å². The summed E-state index contributed by atoms with van der Waals surface area (Å²) in [6, 6.07) is 14.0. The van der Waals surface area contributed by atoms with Gasteiger partial charge in [-0.1, -0.05) is 36.4 Å². The zero-order valence-corrected chi connectivity index (χ0v) is 14.2. The second kappa shape index (κ2) is 7.02. The number of carbonyl (C=O) groups is 1. The second-order valence-electron chi connectivity index (χ2n) is 6.54. The van der Waals surface area contributed by atoms with Crippen LogP contribution in [0.4, 0.5) is 0 Å². The molecule has 24 heavy (non-hydrogen) atoms. The van der Waals surface area contributed by atoms with Crippen LogP contribution >= 0.6 is 0 Å². The molecule has 0 fully saturated rings. The monoisotopic (exact) mass is 321 g/mol. The highest BCUT2D eigenvalue weighted by Crippen LogP contribution is 2.34. The van der Waals surface area contributed by atoms with Crippen LogP contribution in [0.15, 0.2) is 48.5 Å². The molecule has 3 nitrogen and oxygen atoms in total. The van der Waals surface area contributed by atoms with E-state index in [1.165, 1.54) is 22.3 Å². The maximum atomic E-state index is 11.4. The number of carboxylic acids is 1. The van der Waals surface area contributed by atoms with Crippen LogP contribution in [0.3, 0.4) is 0 Å². The Bertz CT molecular complexity index is 790. The van der Waals surface area contributed by atoms with Crippen molar-refractivity contribution in [2.75, 3.05) is 20.6 Å². The van der Waals surface area contributed by atoms with E-state index in [1.54, 1.807) is 6.07 Å². The number of fused-ring (bicyclic) bond motifs is 2. The Morgan fingerprint density at radius 1 is 1.08 bits per heavy atom. The summed E-state index contributed by atoms with van der Waals surface area (Å²) in [5, 5.41) is 9.36. The maximum Gasteiger partial charge on any atom is 0.335 e. The number of rotatable bonds is 4. The molecule has 2 aromatic carbocycles. The molecule has 0 saturated heterocycles. The number of carboxylic acid groups (broad SMARTS) is 1. The molecule has 2 aromatic rings. The van der Waals surface area contributed by atoms with Gasteiger partial charge in [0.1, 0.15) is 0 Å². The Morgan fingerprint density at radius 3 is 2.50 bits per heavy atom. The first-order chi connectivity index (χ1) is 11.6. The predicted octanol–water partition coefficient (Wildman–Crippen LogP) is 3.87. The van der Waals surface area contributed by atoms with Crippen LogP contribution in [-0.4, -0.2) is 36.6 Å². The van der Waals surface area contributed by atoms with Crippen molar-refractivity contribution < 1.29 is 9.90 Å². The van der Waals surface area contributed by atoms with E-state index in [4.69, 9.17) is 0 Å². The van der Waals surface area contributed by atoms with Crippen molar-refractivity contribution in [1.29, 1.82) is 0 Å². The molecule has 0 bridgehead atoms. The molecule has 0 amide bonds. The third kappa shape index (κ3) is 3.41. The fourth-order valence-corrected chi connectivity index (χ4v) is 3.28.